The predicted molar refractivity (Wildman–Crippen MR) is 139 cm³/mol. The molecule has 35 heavy (non-hydrogen) atoms. The van der Waals surface area contributed by atoms with Gasteiger partial charge in [-0.3, -0.25) is 9.59 Å². The third-order valence-electron chi connectivity index (χ3n) is 6.30. The number of pyridine rings is 1. The lowest BCUT2D eigenvalue weighted by atomic mass is 9.88. The number of carbonyl (C=O) groups is 2. The number of phenolic OH excluding ortho intramolecular Hbond substituents is 1. The molecule has 2 amide bonds. The lowest BCUT2D eigenvalue weighted by Crippen LogP contribution is -2.36. The van der Waals surface area contributed by atoms with Crippen LogP contribution in [0.25, 0.3) is 0 Å². The largest absolute Gasteiger partial charge is 0.508 e. The number of aromatic hydroxyl groups is 1. The molecule has 4 rings (SSSR count). The molecule has 0 spiro atoms. The Bertz CT molecular complexity index is 972. The lowest BCUT2D eigenvalue weighted by Gasteiger charge is -2.28. The first-order chi connectivity index (χ1) is 16.9. The van der Waals surface area contributed by atoms with Crippen molar-refractivity contribution in [1.29, 1.82) is 0 Å². The second kappa shape index (κ2) is 12.9. The predicted octanol–water partition coefficient (Wildman–Crippen LogP) is 3.49. The Morgan fingerprint density at radius 3 is 2.46 bits per heavy atom. The van der Waals surface area contributed by atoms with Crippen molar-refractivity contribution in [2.24, 2.45) is 5.92 Å². The van der Waals surface area contributed by atoms with E-state index in [0.29, 0.717) is 12.1 Å². The first kappa shape index (κ1) is 26.3. The molecule has 9 nitrogen and oxygen atoms in total. The van der Waals surface area contributed by atoms with Gasteiger partial charge in [-0.2, -0.15) is 0 Å². The van der Waals surface area contributed by atoms with Crippen molar-refractivity contribution in [1.82, 2.24) is 4.98 Å². The van der Waals surface area contributed by atoms with Gasteiger partial charge in [0.1, 0.15) is 11.6 Å². The maximum Gasteiger partial charge on any atom is 0.227 e. The van der Waals surface area contributed by atoms with Gasteiger partial charge in [0.2, 0.25) is 12.3 Å². The van der Waals surface area contributed by atoms with E-state index in [1.54, 1.807) is 31.4 Å². The molecule has 2 aromatic rings. The van der Waals surface area contributed by atoms with Gasteiger partial charge in [0.15, 0.2) is 0 Å². The Hall–Kier alpha value is -3.33. The number of carbonyl (C=O) groups excluding carboxylic acids is 2. The number of amides is 2. The van der Waals surface area contributed by atoms with Gasteiger partial charge in [-0.1, -0.05) is 19.3 Å². The third-order valence-corrected chi connectivity index (χ3v) is 6.30. The Labute approximate surface area is 207 Å². The zero-order chi connectivity index (χ0) is 25.2. The molecule has 2 fully saturated rings. The number of benzene rings is 1. The summed E-state index contributed by atoms with van der Waals surface area (Å²) in [6, 6.07) is 8.75. The van der Waals surface area contributed by atoms with E-state index in [0.717, 1.165) is 56.3 Å². The topological polar surface area (TPSA) is 98.2 Å². The first-order valence-corrected chi connectivity index (χ1v) is 12.2. The van der Waals surface area contributed by atoms with Crippen LogP contribution in [0.15, 0.2) is 36.5 Å². The van der Waals surface area contributed by atoms with Crippen LogP contribution in [0.1, 0.15) is 32.1 Å². The number of rotatable bonds is 6. The zero-order valence-electron chi connectivity index (χ0n) is 20.9. The van der Waals surface area contributed by atoms with Gasteiger partial charge in [0.05, 0.1) is 24.6 Å². The second-order valence-electron chi connectivity index (χ2n) is 9.11. The number of aromatic nitrogens is 1. The van der Waals surface area contributed by atoms with Crippen molar-refractivity contribution < 1.29 is 19.4 Å². The normalized spacial score (nSPS) is 16.0. The maximum absolute atomic E-state index is 12.3. The van der Waals surface area contributed by atoms with Gasteiger partial charge in [-0.25, -0.2) is 4.98 Å². The number of morpholine rings is 1. The number of ether oxygens (including phenoxy) is 1. The summed E-state index contributed by atoms with van der Waals surface area (Å²) in [4.78, 5) is 32.8. The van der Waals surface area contributed by atoms with Gasteiger partial charge in [-0.15, -0.1) is 0 Å². The molecule has 190 valence electrons. The van der Waals surface area contributed by atoms with E-state index in [9.17, 15) is 14.7 Å². The van der Waals surface area contributed by atoms with Crippen molar-refractivity contribution in [2.45, 2.75) is 32.1 Å². The van der Waals surface area contributed by atoms with Gasteiger partial charge in [-0.05, 0) is 31.0 Å². The molecule has 0 unspecified atom stereocenters. The van der Waals surface area contributed by atoms with Crippen LogP contribution >= 0.6 is 0 Å². The van der Waals surface area contributed by atoms with E-state index in [-0.39, 0.29) is 17.6 Å². The molecule has 2 N–H and O–H groups in total. The highest BCUT2D eigenvalue weighted by molar-refractivity contribution is 5.92. The monoisotopic (exact) mass is 483 g/mol. The van der Waals surface area contributed by atoms with Gasteiger partial charge >= 0.3 is 0 Å². The molecular weight excluding hydrogens is 446 g/mol. The molecule has 1 aliphatic heterocycles. The summed E-state index contributed by atoms with van der Waals surface area (Å²) in [6.45, 7) is 3.18. The molecule has 1 aromatic heterocycles. The van der Waals surface area contributed by atoms with Crippen LogP contribution in [0, 0.1) is 5.92 Å². The Kier molecular flexibility index (Phi) is 9.72. The number of nitrogens with zero attached hydrogens (tertiary/aromatic N) is 4. The van der Waals surface area contributed by atoms with Crippen molar-refractivity contribution >= 4 is 35.2 Å². The molecular formula is C26H37N5O4. The summed E-state index contributed by atoms with van der Waals surface area (Å²) < 4.78 is 5.36. The smallest absolute Gasteiger partial charge is 0.227 e. The summed E-state index contributed by atoms with van der Waals surface area (Å²) in [5.74, 6) is 1.41. The van der Waals surface area contributed by atoms with Gasteiger partial charge in [0, 0.05) is 64.2 Å². The number of hydrogen-bond acceptors (Lipinski definition) is 7. The van der Waals surface area contributed by atoms with E-state index >= 15 is 0 Å². The van der Waals surface area contributed by atoms with Crippen LogP contribution in [0.3, 0.4) is 0 Å². The van der Waals surface area contributed by atoms with Crippen LogP contribution in [-0.2, 0) is 14.3 Å². The van der Waals surface area contributed by atoms with E-state index in [1.165, 1.54) is 24.2 Å². The van der Waals surface area contributed by atoms with Crippen molar-refractivity contribution in [3.63, 3.8) is 0 Å². The van der Waals surface area contributed by atoms with Crippen LogP contribution < -0.4 is 20.0 Å². The van der Waals surface area contributed by atoms with Crippen LogP contribution in [-0.4, -0.2) is 69.9 Å². The molecule has 2 aliphatic rings. The molecule has 0 bridgehead atoms. The number of phenols is 1. The second-order valence-corrected chi connectivity index (χ2v) is 9.11. The average Bonchev–Trinajstić information content (AvgIpc) is 2.89. The standard InChI is InChI=1S/C16H23N3O2.C10H14N2O2/c20-16(13-4-2-1-3-5-13)18-14-6-7-17-15(12-14)19-8-10-21-11-9-19;1-11(2)9-5-4-8(14)6-10(9)12(3)7-13/h6-7,12-13H,1-5,8-11H2,(H,17,18,20);4-7,14H,1-3H3. The Morgan fingerprint density at radius 2 is 1.80 bits per heavy atom. The first-order valence-electron chi connectivity index (χ1n) is 12.2. The minimum atomic E-state index is 0.152. The summed E-state index contributed by atoms with van der Waals surface area (Å²) in [6.07, 6.45) is 8.13. The van der Waals surface area contributed by atoms with Crippen LogP contribution in [0.5, 0.6) is 5.75 Å². The van der Waals surface area contributed by atoms with E-state index in [4.69, 9.17) is 4.74 Å². The van der Waals surface area contributed by atoms with Crippen molar-refractivity contribution in [2.75, 3.05) is 67.5 Å². The highest BCUT2D eigenvalue weighted by Gasteiger charge is 2.21. The van der Waals surface area contributed by atoms with E-state index in [2.05, 4.69) is 15.2 Å². The zero-order valence-corrected chi connectivity index (χ0v) is 20.9. The fourth-order valence-corrected chi connectivity index (χ4v) is 4.30. The summed E-state index contributed by atoms with van der Waals surface area (Å²) in [5, 5.41) is 12.4. The van der Waals surface area contributed by atoms with E-state index < -0.39 is 0 Å². The molecule has 1 saturated carbocycles. The molecule has 0 radical (unpaired) electrons. The highest BCUT2D eigenvalue weighted by atomic mass is 16.5. The number of anilines is 4. The van der Waals surface area contributed by atoms with Crippen LogP contribution in [0.4, 0.5) is 22.9 Å². The minimum Gasteiger partial charge on any atom is -0.508 e. The average molecular weight is 484 g/mol. The number of hydrogen-bond donors (Lipinski definition) is 2. The number of nitrogens with one attached hydrogen (secondary N) is 1. The maximum atomic E-state index is 12.3. The van der Waals surface area contributed by atoms with Gasteiger partial charge in [0.25, 0.3) is 0 Å². The summed E-state index contributed by atoms with van der Waals surface area (Å²) in [7, 11) is 5.41. The fourth-order valence-electron chi connectivity index (χ4n) is 4.30. The molecule has 2 heterocycles. The highest BCUT2D eigenvalue weighted by Crippen LogP contribution is 2.30. The molecule has 1 aromatic carbocycles. The fraction of sp³-hybridized carbons (Fsp3) is 0.500. The van der Waals surface area contributed by atoms with Crippen molar-refractivity contribution in [3.8, 4) is 5.75 Å². The minimum absolute atomic E-state index is 0.152. The molecule has 1 aliphatic carbocycles. The quantitative estimate of drug-likeness (QED) is 0.607. The van der Waals surface area contributed by atoms with Crippen molar-refractivity contribution in [3.05, 3.63) is 36.5 Å². The van der Waals surface area contributed by atoms with Gasteiger partial charge < -0.3 is 29.9 Å². The molecule has 1 saturated heterocycles. The summed E-state index contributed by atoms with van der Waals surface area (Å²) >= 11 is 0. The molecule has 9 heteroatoms. The van der Waals surface area contributed by atoms with Crippen LogP contribution in [0.2, 0.25) is 0 Å². The SMILES string of the molecule is CN(C)c1ccc(O)cc1N(C)C=O.O=C(Nc1ccnc(N2CCOCC2)c1)C1CCCCC1. The van der Waals surface area contributed by atoms with E-state index in [1.807, 2.05) is 31.1 Å². The summed E-state index contributed by atoms with van der Waals surface area (Å²) in [5.41, 5.74) is 2.42. The lowest BCUT2D eigenvalue weighted by molar-refractivity contribution is -0.120. The Morgan fingerprint density at radius 1 is 1.09 bits per heavy atom. The third kappa shape index (κ3) is 7.58. The molecule has 0 atom stereocenters. The Balaban J connectivity index is 0.000000214.